The molecule has 1 N–H and O–H groups in total. The Morgan fingerprint density at radius 3 is 2.18 bits per heavy atom. The molecular weight excluding hydrogens is 591 g/mol. The Hall–Kier alpha value is -0.666. The number of hydrogen-bond donors (Lipinski definition) is 1. The zero-order valence-corrected chi connectivity index (χ0v) is 31.1. The van der Waals surface area contributed by atoms with Crippen LogP contribution in [0.25, 0.3) is 0 Å². The van der Waals surface area contributed by atoms with Crippen LogP contribution in [0.2, 0.25) is 28.2 Å². The number of aliphatic hydroxyl groups excluding tert-OH is 1. The van der Waals surface area contributed by atoms with E-state index in [9.17, 15) is 5.11 Å². The van der Waals surface area contributed by atoms with Gasteiger partial charge in [0.1, 0.15) is 24.4 Å². The van der Waals surface area contributed by atoms with Crippen molar-refractivity contribution in [2.45, 2.75) is 171 Å². The predicted molar refractivity (Wildman–Crippen MR) is 177 cm³/mol. The van der Waals surface area contributed by atoms with Gasteiger partial charge in [-0.3, -0.25) is 4.84 Å². The molecule has 250 valence electrons. The number of ether oxygens (including phenoxy) is 1. The van der Waals surface area contributed by atoms with Crippen LogP contribution in [0.4, 0.5) is 0 Å². The third-order valence-electron chi connectivity index (χ3n) is 10.8. The fraction of sp³-hybridized carbons (Fsp3) is 0.824. The summed E-state index contributed by atoms with van der Waals surface area (Å²) in [6.07, 6.45) is 2.43. The normalized spacial score (nSPS) is 34.0. The summed E-state index contributed by atoms with van der Waals surface area (Å²) in [5, 5.41) is 12.8. The number of nitrogens with zero attached hydrogens (tertiary/aromatic N) is 1. The molecule has 44 heavy (non-hydrogen) atoms. The fourth-order valence-electron chi connectivity index (χ4n) is 7.53. The molecule has 0 unspecified atom stereocenters. The monoisotopic (exact) mass is 649 g/mol. The molecule has 4 aliphatic rings. The highest BCUT2D eigenvalue weighted by molar-refractivity contribution is 6.74. The van der Waals surface area contributed by atoms with Crippen molar-refractivity contribution in [3.63, 3.8) is 0 Å². The van der Waals surface area contributed by atoms with Crippen molar-refractivity contribution in [2.24, 2.45) is 0 Å². The molecule has 8 nitrogen and oxygen atoms in total. The van der Waals surface area contributed by atoms with E-state index in [0.717, 1.165) is 19.3 Å². The second-order valence-corrected chi connectivity index (χ2v) is 26.6. The van der Waals surface area contributed by atoms with Gasteiger partial charge in [-0.1, -0.05) is 111 Å². The van der Waals surface area contributed by atoms with Gasteiger partial charge >= 0.3 is 8.56 Å². The standard InChI is InChI=1S/C34H59NO7Si2/c1-32(2,3)43(10,11)37-22-25(36)30-31-29-27(41-44(42-31,33(4,5)6)34(7,8)9)21-28(39-35(29)40-30)38-26-20-16-15-19-24(26)23-17-13-12-14-18-23/h12-14,17-18,24-31,36H,15-16,19-22H2,1-11H3/t24-,25-,26+,27+,28-,29-,30-,31-/m1/s1. The molecule has 3 saturated heterocycles. The van der Waals surface area contributed by atoms with E-state index < -0.39 is 41.5 Å². The summed E-state index contributed by atoms with van der Waals surface area (Å²) >= 11 is 0. The maximum absolute atomic E-state index is 11.7. The molecule has 0 spiro atoms. The summed E-state index contributed by atoms with van der Waals surface area (Å²) in [7, 11) is -5.02. The first-order valence-corrected chi connectivity index (χ1v) is 21.6. The minimum atomic E-state index is -2.94. The summed E-state index contributed by atoms with van der Waals surface area (Å²) in [6, 6.07) is 10.4. The number of hydrogen-bond acceptors (Lipinski definition) is 8. The average molecular weight is 650 g/mol. The summed E-state index contributed by atoms with van der Waals surface area (Å²) < 4.78 is 27.7. The van der Waals surface area contributed by atoms with Crippen LogP contribution in [-0.2, 0) is 27.7 Å². The third-order valence-corrected chi connectivity index (χ3v) is 20.5. The van der Waals surface area contributed by atoms with Crippen molar-refractivity contribution in [3.05, 3.63) is 35.9 Å². The molecular formula is C34H59NO7Si2. The number of rotatable bonds is 7. The van der Waals surface area contributed by atoms with Crippen molar-refractivity contribution in [1.29, 1.82) is 0 Å². The van der Waals surface area contributed by atoms with Crippen LogP contribution in [0.1, 0.15) is 106 Å². The Balaban J connectivity index is 1.42. The van der Waals surface area contributed by atoms with Gasteiger partial charge in [-0.2, -0.15) is 0 Å². The average Bonchev–Trinajstić information content (AvgIpc) is 3.29. The van der Waals surface area contributed by atoms with E-state index in [1.54, 1.807) is 5.23 Å². The van der Waals surface area contributed by atoms with Crippen molar-refractivity contribution >= 4 is 16.9 Å². The van der Waals surface area contributed by atoms with Gasteiger partial charge < -0.3 is 23.1 Å². The number of hydroxylamine groups is 2. The second kappa shape index (κ2) is 12.4. The molecule has 0 radical (unpaired) electrons. The molecule has 3 heterocycles. The highest BCUT2D eigenvalue weighted by Gasteiger charge is 2.69. The van der Waals surface area contributed by atoms with Crippen LogP contribution in [0.15, 0.2) is 30.3 Å². The van der Waals surface area contributed by atoms with Gasteiger partial charge in [0, 0.05) is 22.4 Å². The molecule has 8 atom stereocenters. The van der Waals surface area contributed by atoms with E-state index in [1.807, 2.05) is 0 Å². The summed E-state index contributed by atoms with van der Waals surface area (Å²) in [4.78, 5) is 12.9. The summed E-state index contributed by atoms with van der Waals surface area (Å²) in [6.45, 7) is 24.6. The van der Waals surface area contributed by atoms with E-state index in [1.165, 1.54) is 12.0 Å². The summed E-state index contributed by atoms with van der Waals surface area (Å²) in [5.74, 6) is 0.328. The quantitative estimate of drug-likeness (QED) is 0.303. The fourth-order valence-corrected chi connectivity index (χ4v) is 13.6. The first kappa shape index (κ1) is 34.7. The Morgan fingerprint density at radius 2 is 1.57 bits per heavy atom. The van der Waals surface area contributed by atoms with Crippen LogP contribution >= 0.6 is 0 Å². The van der Waals surface area contributed by atoms with E-state index >= 15 is 0 Å². The zero-order chi connectivity index (χ0) is 32.3. The van der Waals surface area contributed by atoms with Gasteiger partial charge in [-0.05, 0) is 36.5 Å². The van der Waals surface area contributed by atoms with Gasteiger partial charge in [0.15, 0.2) is 14.6 Å². The van der Waals surface area contributed by atoms with Crippen LogP contribution in [0.3, 0.4) is 0 Å². The van der Waals surface area contributed by atoms with Crippen LogP contribution in [0, 0.1) is 0 Å². The molecule has 1 aliphatic carbocycles. The van der Waals surface area contributed by atoms with E-state index in [4.69, 9.17) is 27.7 Å². The lowest BCUT2D eigenvalue weighted by Gasteiger charge is -2.57. The largest absolute Gasteiger partial charge is 0.414 e. The molecule has 4 fully saturated rings. The molecule has 1 aromatic carbocycles. The minimum absolute atomic E-state index is 0.0337. The van der Waals surface area contributed by atoms with Gasteiger partial charge in [0.05, 0.1) is 18.8 Å². The van der Waals surface area contributed by atoms with Gasteiger partial charge in [-0.25, -0.2) is 4.84 Å². The molecule has 1 saturated carbocycles. The molecule has 0 aromatic heterocycles. The topological polar surface area (TPSA) is 78.9 Å². The molecule has 1 aromatic rings. The third kappa shape index (κ3) is 6.55. The van der Waals surface area contributed by atoms with Crippen molar-refractivity contribution in [1.82, 2.24) is 5.23 Å². The van der Waals surface area contributed by atoms with Crippen LogP contribution in [0.5, 0.6) is 0 Å². The van der Waals surface area contributed by atoms with Gasteiger partial charge in [0.25, 0.3) is 0 Å². The SMILES string of the molecule is CC(C)(C)[Si](C)(C)OC[C@@H](O)[C@H]1ON2O[C@@H](O[C@H]3CCCC[C@@H]3c3ccccc3)C[C@@H]3O[Si](C(C)(C)C)(C(C)(C)C)O[C@@H]1[C@@H]32. The molecule has 10 heteroatoms. The number of benzene rings is 1. The van der Waals surface area contributed by atoms with Crippen LogP contribution < -0.4 is 0 Å². The molecule has 5 rings (SSSR count). The lowest BCUT2D eigenvalue weighted by molar-refractivity contribution is -0.453. The van der Waals surface area contributed by atoms with E-state index in [2.05, 4.69) is 106 Å². The molecule has 0 bridgehead atoms. The maximum Gasteiger partial charge on any atom is 0.350 e. The minimum Gasteiger partial charge on any atom is -0.414 e. The Morgan fingerprint density at radius 1 is 0.932 bits per heavy atom. The van der Waals surface area contributed by atoms with E-state index in [0.29, 0.717) is 12.3 Å². The van der Waals surface area contributed by atoms with Crippen molar-refractivity contribution in [2.75, 3.05) is 6.61 Å². The molecule has 0 amide bonds. The van der Waals surface area contributed by atoms with E-state index in [-0.39, 0.29) is 40.0 Å². The maximum atomic E-state index is 11.7. The Kier molecular flexibility index (Phi) is 9.78. The predicted octanol–water partition coefficient (Wildman–Crippen LogP) is 7.58. The van der Waals surface area contributed by atoms with Crippen molar-refractivity contribution in [3.8, 4) is 0 Å². The zero-order valence-electron chi connectivity index (χ0n) is 29.1. The highest BCUT2D eigenvalue weighted by atomic mass is 28.4. The number of aliphatic hydroxyl groups is 1. The first-order valence-electron chi connectivity index (χ1n) is 16.9. The van der Waals surface area contributed by atoms with Crippen LogP contribution in [-0.4, -0.2) is 76.7 Å². The lowest BCUT2D eigenvalue weighted by Crippen LogP contribution is -2.71. The molecule has 3 aliphatic heterocycles. The first-order chi connectivity index (χ1) is 20.3. The Bertz CT molecular complexity index is 1100. The Labute approximate surface area is 268 Å². The van der Waals surface area contributed by atoms with Crippen molar-refractivity contribution < 1.29 is 32.8 Å². The lowest BCUT2D eigenvalue weighted by atomic mass is 9.81. The second-order valence-electron chi connectivity index (χ2n) is 17.1. The smallest absolute Gasteiger partial charge is 0.350 e. The highest BCUT2D eigenvalue weighted by Crippen LogP contribution is 2.58. The van der Waals surface area contributed by atoms with Gasteiger partial charge in [-0.15, -0.1) is 0 Å². The summed E-state index contributed by atoms with van der Waals surface area (Å²) in [5.41, 5.74) is 1.32. The van der Waals surface area contributed by atoms with Gasteiger partial charge in [0.2, 0.25) is 0 Å².